The lowest BCUT2D eigenvalue weighted by Gasteiger charge is -2.30. The molecule has 5 heteroatoms. The minimum Gasteiger partial charge on any atom is -0.492 e. The number of aliphatic carboxylic acids is 2. The van der Waals surface area contributed by atoms with Gasteiger partial charge in [0.05, 0.1) is 0 Å². The first kappa shape index (κ1) is 14.8. The van der Waals surface area contributed by atoms with E-state index in [1.807, 2.05) is 30.3 Å². The van der Waals surface area contributed by atoms with Crippen molar-refractivity contribution in [2.45, 2.75) is 20.0 Å². The topological polar surface area (TPSA) is 83.8 Å². The predicted molar refractivity (Wildman–Crippen MR) is 75.4 cm³/mol. The highest BCUT2D eigenvalue weighted by molar-refractivity contribution is 5.90. The molecule has 1 aliphatic rings. The lowest BCUT2D eigenvalue weighted by molar-refractivity contribution is -0.148. The van der Waals surface area contributed by atoms with E-state index in [4.69, 9.17) is 9.84 Å². The second-order valence-corrected chi connectivity index (χ2v) is 5.12. The van der Waals surface area contributed by atoms with Gasteiger partial charge in [-0.25, -0.2) is 4.79 Å². The van der Waals surface area contributed by atoms with Crippen molar-refractivity contribution in [2.75, 3.05) is 0 Å². The summed E-state index contributed by atoms with van der Waals surface area (Å²) in [5.74, 6) is -1.95. The highest BCUT2D eigenvalue weighted by atomic mass is 16.5. The molecule has 0 aliphatic heterocycles. The molecule has 1 aliphatic carbocycles. The minimum absolute atomic E-state index is 0.0620. The van der Waals surface area contributed by atoms with Gasteiger partial charge < -0.3 is 14.9 Å². The summed E-state index contributed by atoms with van der Waals surface area (Å²) >= 11 is 0. The molecule has 21 heavy (non-hydrogen) atoms. The molecule has 0 aromatic heterocycles. The standard InChI is InChI=1S/C16H16O5/c1-16(15(19)20)9-12(14(17)18)7-8-13(16)21-10-11-5-3-2-4-6-11/h2-8H,9-10H2,1H3,(H,17,18)(H,19,20). The molecule has 2 N–H and O–H groups in total. The summed E-state index contributed by atoms with van der Waals surface area (Å²) in [6, 6.07) is 9.37. The van der Waals surface area contributed by atoms with E-state index in [0.29, 0.717) is 0 Å². The van der Waals surface area contributed by atoms with E-state index in [9.17, 15) is 14.7 Å². The second-order valence-electron chi connectivity index (χ2n) is 5.12. The maximum absolute atomic E-state index is 11.5. The van der Waals surface area contributed by atoms with Crippen LogP contribution in [0.4, 0.5) is 0 Å². The van der Waals surface area contributed by atoms with Crippen LogP contribution in [-0.4, -0.2) is 22.2 Å². The maximum atomic E-state index is 11.5. The number of hydrogen-bond acceptors (Lipinski definition) is 3. The molecule has 0 bridgehead atoms. The number of carboxylic acid groups (broad SMARTS) is 2. The molecular formula is C16H16O5. The quantitative estimate of drug-likeness (QED) is 0.870. The molecule has 0 heterocycles. The summed E-state index contributed by atoms with van der Waals surface area (Å²) in [4.78, 5) is 22.5. The third kappa shape index (κ3) is 3.13. The molecule has 0 saturated carbocycles. The zero-order chi connectivity index (χ0) is 15.5. The Morgan fingerprint density at radius 3 is 2.43 bits per heavy atom. The van der Waals surface area contributed by atoms with Gasteiger partial charge in [0.25, 0.3) is 0 Å². The van der Waals surface area contributed by atoms with Crippen LogP contribution < -0.4 is 0 Å². The molecule has 110 valence electrons. The van der Waals surface area contributed by atoms with Gasteiger partial charge in [0.15, 0.2) is 0 Å². The van der Waals surface area contributed by atoms with Gasteiger partial charge in [-0.15, -0.1) is 0 Å². The fourth-order valence-corrected chi connectivity index (χ4v) is 2.16. The number of benzene rings is 1. The zero-order valence-corrected chi connectivity index (χ0v) is 11.6. The van der Waals surface area contributed by atoms with Crippen molar-refractivity contribution in [1.29, 1.82) is 0 Å². The SMILES string of the molecule is CC1(C(=O)O)CC(C(=O)O)=CC=C1OCc1ccccc1. The van der Waals surface area contributed by atoms with Crippen molar-refractivity contribution >= 4 is 11.9 Å². The first-order valence-corrected chi connectivity index (χ1v) is 6.48. The van der Waals surface area contributed by atoms with Crippen molar-refractivity contribution in [3.63, 3.8) is 0 Å². The Morgan fingerprint density at radius 1 is 1.19 bits per heavy atom. The lowest BCUT2D eigenvalue weighted by Crippen LogP contribution is -2.34. The Bertz CT molecular complexity index is 615. The zero-order valence-electron chi connectivity index (χ0n) is 11.6. The summed E-state index contributed by atoms with van der Waals surface area (Å²) < 4.78 is 5.62. The van der Waals surface area contributed by atoms with Gasteiger partial charge in [-0.1, -0.05) is 30.3 Å². The van der Waals surface area contributed by atoms with Gasteiger partial charge in [-0.3, -0.25) is 4.79 Å². The normalized spacial score (nSPS) is 21.2. The van der Waals surface area contributed by atoms with Crippen molar-refractivity contribution in [3.8, 4) is 0 Å². The molecule has 0 radical (unpaired) electrons. The van der Waals surface area contributed by atoms with Gasteiger partial charge in [0.1, 0.15) is 17.8 Å². The van der Waals surface area contributed by atoms with Crippen molar-refractivity contribution < 1.29 is 24.5 Å². The summed E-state index contributed by atoms with van der Waals surface area (Å²) in [5, 5.41) is 18.4. The smallest absolute Gasteiger partial charge is 0.331 e. The molecule has 1 atom stereocenters. The van der Waals surface area contributed by atoms with Gasteiger partial charge in [0, 0.05) is 12.0 Å². The van der Waals surface area contributed by atoms with Crippen LogP contribution in [-0.2, 0) is 20.9 Å². The van der Waals surface area contributed by atoms with Crippen molar-refractivity contribution in [3.05, 3.63) is 59.4 Å². The molecule has 1 aromatic carbocycles. The average Bonchev–Trinajstić information content (AvgIpc) is 2.46. The fraction of sp³-hybridized carbons (Fsp3) is 0.250. The Balaban J connectivity index is 2.22. The molecule has 1 aromatic rings. The second kappa shape index (κ2) is 5.83. The number of rotatable bonds is 5. The van der Waals surface area contributed by atoms with E-state index in [2.05, 4.69) is 0 Å². The van der Waals surface area contributed by atoms with E-state index in [1.54, 1.807) is 0 Å². The van der Waals surface area contributed by atoms with Crippen LogP contribution in [0, 0.1) is 5.41 Å². The average molecular weight is 288 g/mol. The van der Waals surface area contributed by atoms with Gasteiger partial charge >= 0.3 is 11.9 Å². The Kier molecular flexibility index (Phi) is 4.12. The summed E-state index contributed by atoms with van der Waals surface area (Å²) in [7, 11) is 0. The van der Waals surface area contributed by atoms with Gasteiger partial charge in [0.2, 0.25) is 0 Å². The van der Waals surface area contributed by atoms with Crippen LogP contribution >= 0.6 is 0 Å². The third-order valence-electron chi connectivity index (χ3n) is 3.51. The lowest BCUT2D eigenvalue weighted by atomic mass is 9.78. The van der Waals surface area contributed by atoms with Crippen LogP contribution in [0.3, 0.4) is 0 Å². The Morgan fingerprint density at radius 2 is 1.86 bits per heavy atom. The number of hydrogen-bond donors (Lipinski definition) is 2. The molecular weight excluding hydrogens is 272 g/mol. The van der Waals surface area contributed by atoms with E-state index in [-0.39, 0.29) is 24.4 Å². The van der Waals surface area contributed by atoms with Gasteiger partial charge in [-0.05, 0) is 24.6 Å². The number of ether oxygens (including phenoxy) is 1. The molecule has 0 fully saturated rings. The number of carboxylic acids is 2. The number of allylic oxidation sites excluding steroid dienone is 2. The molecule has 1 unspecified atom stereocenters. The van der Waals surface area contributed by atoms with Crippen LogP contribution in [0.1, 0.15) is 18.9 Å². The highest BCUT2D eigenvalue weighted by Crippen LogP contribution is 2.39. The Labute approximate surface area is 122 Å². The van der Waals surface area contributed by atoms with E-state index < -0.39 is 17.4 Å². The van der Waals surface area contributed by atoms with Crippen molar-refractivity contribution in [2.24, 2.45) is 5.41 Å². The first-order valence-electron chi connectivity index (χ1n) is 6.48. The first-order chi connectivity index (χ1) is 9.93. The summed E-state index contributed by atoms with van der Waals surface area (Å²) in [6.45, 7) is 1.72. The van der Waals surface area contributed by atoms with E-state index in [0.717, 1.165) is 5.56 Å². The molecule has 0 spiro atoms. The van der Waals surface area contributed by atoms with Crippen LogP contribution in [0.15, 0.2) is 53.8 Å². The summed E-state index contributed by atoms with van der Waals surface area (Å²) in [5.41, 5.74) is -0.386. The van der Waals surface area contributed by atoms with Crippen molar-refractivity contribution in [1.82, 2.24) is 0 Å². The Hall–Kier alpha value is -2.56. The molecule has 0 amide bonds. The monoisotopic (exact) mass is 288 g/mol. The fourth-order valence-electron chi connectivity index (χ4n) is 2.16. The van der Waals surface area contributed by atoms with Crippen LogP contribution in [0.5, 0.6) is 0 Å². The maximum Gasteiger partial charge on any atom is 0.331 e. The van der Waals surface area contributed by atoms with E-state index in [1.165, 1.54) is 19.1 Å². The minimum atomic E-state index is -1.36. The third-order valence-corrected chi connectivity index (χ3v) is 3.51. The van der Waals surface area contributed by atoms with Gasteiger partial charge in [-0.2, -0.15) is 0 Å². The largest absolute Gasteiger partial charge is 0.492 e. The molecule has 2 rings (SSSR count). The van der Waals surface area contributed by atoms with E-state index >= 15 is 0 Å². The van der Waals surface area contributed by atoms with Crippen LogP contribution in [0.25, 0.3) is 0 Å². The summed E-state index contributed by atoms with van der Waals surface area (Å²) in [6.07, 6.45) is 2.73. The predicted octanol–water partition coefficient (Wildman–Crippen LogP) is 2.59. The number of carbonyl (C=O) groups is 2. The highest BCUT2D eigenvalue weighted by Gasteiger charge is 2.42. The molecule has 5 nitrogen and oxygen atoms in total. The van der Waals surface area contributed by atoms with Crippen LogP contribution in [0.2, 0.25) is 0 Å². The molecule has 0 saturated heterocycles.